The summed E-state index contributed by atoms with van der Waals surface area (Å²) >= 11 is 0. The van der Waals surface area contributed by atoms with Gasteiger partial charge in [0.15, 0.2) is 0 Å². The van der Waals surface area contributed by atoms with Crippen molar-refractivity contribution >= 4 is 5.91 Å². The molecule has 0 saturated heterocycles. The molecule has 3 rings (SSSR count). The number of hydrogen-bond acceptors (Lipinski definition) is 3. The van der Waals surface area contributed by atoms with Crippen molar-refractivity contribution in [2.45, 2.75) is 32.4 Å². The molecule has 0 aliphatic carbocycles. The Morgan fingerprint density at radius 1 is 1.28 bits per heavy atom. The molecule has 5 nitrogen and oxygen atoms in total. The van der Waals surface area contributed by atoms with E-state index in [0.717, 1.165) is 18.7 Å². The van der Waals surface area contributed by atoms with Crippen LogP contribution in [-0.4, -0.2) is 26.4 Å². The topological polar surface area (TPSA) is 51.3 Å². The Kier molecular flexibility index (Phi) is 5.33. The largest absolute Gasteiger partial charge is 0.472 e. The SMILES string of the molecule is C[C@@H](CCc1ccccc1)N(Cc1nccn1C)C(=O)c1ccoc1. The third kappa shape index (κ3) is 4.18. The minimum Gasteiger partial charge on any atom is -0.472 e. The molecule has 1 amide bonds. The van der Waals surface area contributed by atoms with Gasteiger partial charge >= 0.3 is 0 Å². The highest BCUT2D eigenvalue weighted by Crippen LogP contribution is 2.17. The van der Waals surface area contributed by atoms with E-state index >= 15 is 0 Å². The fourth-order valence-corrected chi connectivity index (χ4v) is 2.86. The van der Waals surface area contributed by atoms with Gasteiger partial charge in [-0.25, -0.2) is 4.98 Å². The lowest BCUT2D eigenvalue weighted by molar-refractivity contribution is 0.0659. The maximum absolute atomic E-state index is 12.9. The Bertz CT molecular complexity index is 793. The maximum atomic E-state index is 12.9. The molecular formula is C20H23N3O2. The van der Waals surface area contributed by atoms with Crippen LogP contribution < -0.4 is 0 Å². The van der Waals surface area contributed by atoms with E-state index in [9.17, 15) is 4.79 Å². The van der Waals surface area contributed by atoms with Crippen LogP contribution >= 0.6 is 0 Å². The van der Waals surface area contributed by atoms with Crippen molar-refractivity contribution in [1.29, 1.82) is 0 Å². The highest BCUT2D eigenvalue weighted by Gasteiger charge is 2.23. The van der Waals surface area contributed by atoms with Gasteiger partial charge in [-0.3, -0.25) is 4.79 Å². The maximum Gasteiger partial charge on any atom is 0.257 e. The Labute approximate surface area is 147 Å². The summed E-state index contributed by atoms with van der Waals surface area (Å²) in [6.07, 6.45) is 8.49. The van der Waals surface area contributed by atoms with Gasteiger partial charge in [-0.1, -0.05) is 30.3 Å². The summed E-state index contributed by atoms with van der Waals surface area (Å²) in [7, 11) is 1.94. The van der Waals surface area contributed by atoms with Crippen LogP contribution in [0, 0.1) is 0 Å². The van der Waals surface area contributed by atoms with Gasteiger partial charge in [-0.05, 0) is 31.4 Å². The molecule has 0 bridgehead atoms. The number of aromatic nitrogens is 2. The van der Waals surface area contributed by atoms with E-state index in [1.807, 2.05) is 40.9 Å². The Morgan fingerprint density at radius 2 is 2.08 bits per heavy atom. The zero-order valence-corrected chi connectivity index (χ0v) is 14.6. The number of imidazole rings is 1. The second-order valence-electron chi connectivity index (χ2n) is 6.27. The number of carbonyl (C=O) groups excluding carboxylic acids is 1. The molecule has 0 saturated carbocycles. The average molecular weight is 337 g/mol. The average Bonchev–Trinajstić information content (AvgIpc) is 3.30. The summed E-state index contributed by atoms with van der Waals surface area (Å²) < 4.78 is 7.03. The second kappa shape index (κ2) is 7.83. The first kappa shape index (κ1) is 17.0. The van der Waals surface area contributed by atoms with E-state index in [1.165, 1.54) is 18.1 Å². The van der Waals surface area contributed by atoms with E-state index < -0.39 is 0 Å². The lowest BCUT2D eigenvalue weighted by atomic mass is 10.0. The van der Waals surface area contributed by atoms with E-state index in [2.05, 4.69) is 24.0 Å². The lowest BCUT2D eigenvalue weighted by Crippen LogP contribution is -2.39. The number of amides is 1. The summed E-state index contributed by atoms with van der Waals surface area (Å²) in [4.78, 5) is 19.2. The van der Waals surface area contributed by atoms with Crippen LogP contribution in [0.2, 0.25) is 0 Å². The molecule has 5 heteroatoms. The Morgan fingerprint density at radius 3 is 2.72 bits per heavy atom. The minimum absolute atomic E-state index is 0.0303. The minimum atomic E-state index is -0.0303. The molecule has 130 valence electrons. The first-order valence-electron chi connectivity index (χ1n) is 8.48. The molecule has 0 fully saturated rings. The van der Waals surface area contributed by atoms with E-state index in [-0.39, 0.29) is 11.9 Å². The number of furan rings is 1. The number of rotatable bonds is 7. The molecule has 2 heterocycles. The first-order chi connectivity index (χ1) is 12.1. The van der Waals surface area contributed by atoms with Crippen LogP contribution in [0.3, 0.4) is 0 Å². The summed E-state index contributed by atoms with van der Waals surface area (Å²) in [5, 5.41) is 0. The van der Waals surface area contributed by atoms with E-state index in [4.69, 9.17) is 4.42 Å². The van der Waals surface area contributed by atoms with Crippen LogP contribution in [0.1, 0.15) is 35.1 Å². The monoisotopic (exact) mass is 337 g/mol. The highest BCUT2D eigenvalue weighted by atomic mass is 16.3. The second-order valence-corrected chi connectivity index (χ2v) is 6.27. The Hall–Kier alpha value is -2.82. The van der Waals surface area contributed by atoms with Gasteiger partial charge in [0.25, 0.3) is 5.91 Å². The fourth-order valence-electron chi connectivity index (χ4n) is 2.86. The molecule has 2 aromatic heterocycles. The summed E-state index contributed by atoms with van der Waals surface area (Å²) in [5.41, 5.74) is 1.85. The summed E-state index contributed by atoms with van der Waals surface area (Å²) in [5.74, 6) is 0.834. The van der Waals surface area contributed by atoms with Crippen molar-refractivity contribution in [1.82, 2.24) is 14.5 Å². The number of aryl methyl sites for hydroxylation is 2. The van der Waals surface area contributed by atoms with Crippen molar-refractivity contribution in [3.05, 3.63) is 78.3 Å². The van der Waals surface area contributed by atoms with Crippen LogP contribution in [-0.2, 0) is 20.0 Å². The number of carbonyl (C=O) groups is 1. The smallest absolute Gasteiger partial charge is 0.257 e. The molecule has 1 atom stereocenters. The van der Waals surface area contributed by atoms with Crippen LogP contribution in [0.5, 0.6) is 0 Å². The lowest BCUT2D eigenvalue weighted by Gasteiger charge is -2.29. The molecule has 1 aromatic carbocycles. The van der Waals surface area contributed by atoms with Gasteiger partial charge in [-0.15, -0.1) is 0 Å². The quantitative estimate of drug-likeness (QED) is 0.661. The van der Waals surface area contributed by atoms with Gasteiger partial charge in [-0.2, -0.15) is 0 Å². The van der Waals surface area contributed by atoms with Crippen molar-refractivity contribution in [3.63, 3.8) is 0 Å². The zero-order valence-electron chi connectivity index (χ0n) is 14.6. The van der Waals surface area contributed by atoms with Gasteiger partial charge in [0.05, 0.1) is 18.4 Å². The fraction of sp³-hybridized carbons (Fsp3) is 0.300. The Balaban J connectivity index is 1.75. The van der Waals surface area contributed by atoms with Crippen molar-refractivity contribution < 1.29 is 9.21 Å². The zero-order chi connectivity index (χ0) is 17.6. The molecule has 0 N–H and O–H groups in total. The third-order valence-electron chi connectivity index (χ3n) is 4.49. The first-order valence-corrected chi connectivity index (χ1v) is 8.48. The van der Waals surface area contributed by atoms with Crippen LogP contribution in [0.4, 0.5) is 0 Å². The van der Waals surface area contributed by atoms with Gasteiger partial charge in [0, 0.05) is 25.5 Å². The molecule has 0 aliphatic rings. The van der Waals surface area contributed by atoms with Crippen molar-refractivity contribution in [3.8, 4) is 0 Å². The molecule has 25 heavy (non-hydrogen) atoms. The molecule has 3 aromatic rings. The van der Waals surface area contributed by atoms with Crippen molar-refractivity contribution in [2.24, 2.45) is 7.05 Å². The normalized spacial score (nSPS) is 12.1. The number of nitrogens with zero attached hydrogens (tertiary/aromatic N) is 3. The van der Waals surface area contributed by atoms with E-state index in [0.29, 0.717) is 12.1 Å². The predicted octanol–water partition coefficient (Wildman–Crippen LogP) is 3.68. The predicted molar refractivity (Wildman–Crippen MR) is 96.0 cm³/mol. The molecule has 0 spiro atoms. The third-order valence-corrected chi connectivity index (χ3v) is 4.49. The molecular weight excluding hydrogens is 314 g/mol. The highest BCUT2D eigenvalue weighted by molar-refractivity contribution is 5.94. The molecule has 0 aliphatic heterocycles. The number of hydrogen-bond donors (Lipinski definition) is 0. The standard InChI is InChI=1S/C20H23N3O2/c1-16(8-9-17-6-4-3-5-7-17)23(14-19-21-11-12-22(19)2)20(24)18-10-13-25-15-18/h3-7,10-13,15-16H,8-9,14H2,1-2H3/t16-/m0/s1. The summed E-state index contributed by atoms with van der Waals surface area (Å²) in [6, 6.07) is 12.1. The summed E-state index contributed by atoms with van der Waals surface area (Å²) in [6.45, 7) is 2.56. The van der Waals surface area contributed by atoms with E-state index in [1.54, 1.807) is 12.3 Å². The van der Waals surface area contributed by atoms with Gasteiger partial charge in [0.2, 0.25) is 0 Å². The van der Waals surface area contributed by atoms with Gasteiger partial charge in [0.1, 0.15) is 12.1 Å². The molecule has 0 unspecified atom stereocenters. The van der Waals surface area contributed by atoms with Crippen LogP contribution in [0.25, 0.3) is 0 Å². The van der Waals surface area contributed by atoms with Gasteiger partial charge < -0.3 is 13.9 Å². The molecule has 0 radical (unpaired) electrons. The van der Waals surface area contributed by atoms with Crippen molar-refractivity contribution in [2.75, 3.05) is 0 Å². The number of benzene rings is 1. The van der Waals surface area contributed by atoms with Crippen LogP contribution in [0.15, 0.2) is 65.7 Å².